The molecule has 3 atom stereocenters. The fourth-order valence-corrected chi connectivity index (χ4v) is 4.77. The summed E-state index contributed by atoms with van der Waals surface area (Å²) in [7, 11) is 1.24. The highest BCUT2D eigenvalue weighted by atomic mass is 31.2. The average molecular weight is 589 g/mol. The van der Waals surface area contributed by atoms with Crippen molar-refractivity contribution in [1.29, 1.82) is 0 Å². The van der Waals surface area contributed by atoms with Crippen molar-refractivity contribution < 1.29 is 32.9 Å². The Labute approximate surface area is 245 Å². The maximum absolute atomic E-state index is 12.6. The van der Waals surface area contributed by atoms with Gasteiger partial charge >= 0.3 is 0 Å². The molecule has 0 rings (SSSR count). The quantitative estimate of drug-likeness (QED) is 0.0495. The van der Waals surface area contributed by atoms with Crippen molar-refractivity contribution >= 4 is 13.7 Å². The van der Waals surface area contributed by atoms with Crippen LogP contribution in [0, 0.1) is 0 Å². The second-order valence-electron chi connectivity index (χ2n) is 11.8. The second-order valence-corrected chi connectivity index (χ2v) is 13.2. The highest BCUT2D eigenvalue weighted by molar-refractivity contribution is 7.45. The minimum atomic E-state index is -4.57. The molecule has 0 saturated heterocycles. The molecule has 3 unspecified atom stereocenters. The van der Waals surface area contributed by atoms with E-state index in [1.807, 2.05) is 27.2 Å². The van der Waals surface area contributed by atoms with Crippen LogP contribution in [-0.2, 0) is 18.4 Å². The minimum absolute atomic E-state index is 0.00563. The molecular weight excluding hydrogens is 527 g/mol. The first kappa shape index (κ1) is 39.0. The van der Waals surface area contributed by atoms with Gasteiger partial charge in [0.15, 0.2) is 0 Å². The molecule has 2 N–H and O–H groups in total. The molecule has 0 fully saturated rings. The van der Waals surface area contributed by atoms with Gasteiger partial charge in [-0.15, -0.1) is 0 Å². The summed E-state index contributed by atoms with van der Waals surface area (Å²) in [5.41, 5.74) is 0. The molecule has 0 bridgehead atoms. The number of hydrogen-bond acceptors (Lipinski definition) is 6. The number of aliphatic hydroxyl groups excluding tert-OH is 1. The molecule has 236 valence electrons. The van der Waals surface area contributed by atoms with Gasteiger partial charge in [-0.3, -0.25) is 9.36 Å². The van der Waals surface area contributed by atoms with Crippen molar-refractivity contribution in [1.82, 2.24) is 5.32 Å². The van der Waals surface area contributed by atoms with E-state index < -0.39 is 26.6 Å². The van der Waals surface area contributed by atoms with Crippen molar-refractivity contribution in [2.24, 2.45) is 0 Å². The minimum Gasteiger partial charge on any atom is -0.756 e. The predicted octanol–water partition coefficient (Wildman–Crippen LogP) is 6.43. The van der Waals surface area contributed by atoms with Gasteiger partial charge in [0.2, 0.25) is 5.91 Å². The normalized spacial score (nSPS) is 15.5. The lowest BCUT2D eigenvalue weighted by Crippen LogP contribution is -2.45. The van der Waals surface area contributed by atoms with Gasteiger partial charge in [0.25, 0.3) is 7.82 Å². The number of phosphoric acid groups is 1. The SMILES string of the molecule is CCCCCC/C=C/CC/C=C/C(O)C(COP(=O)([O-])OCC[N+](C)(C)C)NC(=O)CCCCCCCCCC. The number of amides is 1. The Bertz CT molecular complexity index is 723. The van der Waals surface area contributed by atoms with E-state index in [4.69, 9.17) is 9.05 Å². The third kappa shape index (κ3) is 25.9. The van der Waals surface area contributed by atoms with Crippen LogP contribution < -0.4 is 10.2 Å². The predicted molar refractivity (Wildman–Crippen MR) is 164 cm³/mol. The van der Waals surface area contributed by atoms with Crippen LogP contribution >= 0.6 is 7.82 Å². The molecule has 1 amide bonds. The Balaban J connectivity index is 4.74. The van der Waals surface area contributed by atoms with Crippen LogP contribution in [0.25, 0.3) is 0 Å². The fourth-order valence-electron chi connectivity index (χ4n) is 4.05. The van der Waals surface area contributed by atoms with Crippen LogP contribution in [0.1, 0.15) is 117 Å². The summed E-state index contributed by atoms with van der Waals surface area (Å²) >= 11 is 0. The van der Waals surface area contributed by atoms with Crippen molar-refractivity contribution in [2.45, 2.75) is 129 Å². The molecule has 0 aliphatic carbocycles. The standard InChI is InChI=1S/C31H61N2O6P/c1-6-8-10-12-14-16-17-18-20-22-24-30(34)29(28-39-40(36,37)38-27-26-33(3,4)5)32-31(35)25-23-21-19-15-13-11-9-7-2/h16-17,22,24,29-30,34H,6-15,18-21,23,25-28H2,1-5H3,(H-,32,35,36,37)/b17-16+,24-22+. The number of nitrogens with one attached hydrogen (secondary N) is 1. The number of quaternary nitrogens is 1. The smallest absolute Gasteiger partial charge is 0.268 e. The van der Waals surface area contributed by atoms with Gasteiger partial charge in [-0.1, -0.05) is 102 Å². The van der Waals surface area contributed by atoms with Gasteiger partial charge in [0.1, 0.15) is 13.2 Å². The topological polar surface area (TPSA) is 108 Å². The lowest BCUT2D eigenvalue weighted by atomic mass is 10.1. The van der Waals surface area contributed by atoms with Crippen LogP contribution in [-0.4, -0.2) is 68.5 Å². The zero-order chi connectivity index (χ0) is 30.1. The third-order valence-electron chi connectivity index (χ3n) is 6.66. The molecule has 40 heavy (non-hydrogen) atoms. The van der Waals surface area contributed by atoms with E-state index in [2.05, 4.69) is 31.3 Å². The van der Waals surface area contributed by atoms with Crippen molar-refractivity contribution in [3.63, 3.8) is 0 Å². The number of allylic oxidation sites excluding steroid dienone is 3. The Morgan fingerprint density at radius 3 is 2.02 bits per heavy atom. The van der Waals surface area contributed by atoms with Gasteiger partial charge in [-0.2, -0.15) is 0 Å². The number of unbranched alkanes of at least 4 members (excludes halogenated alkanes) is 12. The van der Waals surface area contributed by atoms with Gasteiger partial charge in [0.05, 0.1) is 39.9 Å². The summed E-state index contributed by atoms with van der Waals surface area (Å²) in [5.74, 6) is -0.218. The summed E-state index contributed by atoms with van der Waals surface area (Å²) in [4.78, 5) is 24.9. The molecule has 0 aromatic carbocycles. The molecular formula is C31H61N2O6P. The van der Waals surface area contributed by atoms with Crippen LogP contribution in [0.3, 0.4) is 0 Å². The number of nitrogens with zero attached hydrogens (tertiary/aromatic N) is 1. The van der Waals surface area contributed by atoms with Gasteiger partial charge in [-0.05, 0) is 32.1 Å². The molecule has 0 aromatic rings. The summed E-state index contributed by atoms with van der Waals surface area (Å²) in [6.45, 7) is 4.50. The van der Waals surface area contributed by atoms with E-state index in [-0.39, 0.29) is 12.5 Å². The largest absolute Gasteiger partial charge is 0.756 e. The maximum atomic E-state index is 12.6. The van der Waals surface area contributed by atoms with Crippen LogP contribution in [0.5, 0.6) is 0 Å². The molecule has 0 spiro atoms. The van der Waals surface area contributed by atoms with E-state index in [9.17, 15) is 19.4 Å². The first-order valence-corrected chi connectivity index (χ1v) is 17.2. The van der Waals surface area contributed by atoms with Crippen molar-refractivity contribution in [2.75, 3.05) is 40.9 Å². The Hall–Kier alpha value is -1.02. The molecule has 0 saturated carbocycles. The number of hydrogen-bond donors (Lipinski definition) is 2. The second kappa shape index (κ2) is 24.6. The number of rotatable bonds is 27. The molecule has 0 radical (unpaired) electrons. The molecule has 9 heteroatoms. The molecule has 0 aliphatic rings. The van der Waals surface area contributed by atoms with Gasteiger partial charge in [0, 0.05) is 6.42 Å². The van der Waals surface area contributed by atoms with E-state index in [1.165, 1.54) is 57.8 Å². The van der Waals surface area contributed by atoms with Crippen LogP contribution in [0.4, 0.5) is 0 Å². The Kier molecular flexibility index (Phi) is 23.9. The average Bonchev–Trinajstić information content (AvgIpc) is 2.88. The summed E-state index contributed by atoms with van der Waals surface area (Å²) in [6.07, 6.45) is 23.8. The van der Waals surface area contributed by atoms with Gasteiger partial charge < -0.3 is 28.8 Å². The number of aliphatic hydroxyl groups is 1. The monoisotopic (exact) mass is 588 g/mol. The first-order chi connectivity index (χ1) is 19.0. The van der Waals surface area contributed by atoms with Crippen LogP contribution in [0.2, 0.25) is 0 Å². The highest BCUT2D eigenvalue weighted by Gasteiger charge is 2.23. The zero-order valence-corrected chi connectivity index (χ0v) is 27.2. The first-order valence-electron chi connectivity index (χ1n) is 15.7. The summed E-state index contributed by atoms with van der Waals surface area (Å²) < 4.78 is 22.9. The summed E-state index contributed by atoms with van der Waals surface area (Å²) in [6, 6.07) is -0.892. The number of carbonyl (C=O) groups excluding carboxylic acids is 1. The lowest BCUT2D eigenvalue weighted by Gasteiger charge is -2.29. The summed E-state index contributed by atoms with van der Waals surface area (Å²) in [5, 5.41) is 13.5. The third-order valence-corrected chi connectivity index (χ3v) is 7.63. The number of likely N-dealkylation sites (N-methyl/N-ethyl adjacent to an activating group) is 1. The highest BCUT2D eigenvalue weighted by Crippen LogP contribution is 2.38. The lowest BCUT2D eigenvalue weighted by molar-refractivity contribution is -0.870. The molecule has 0 aliphatic heterocycles. The van der Waals surface area contributed by atoms with Crippen molar-refractivity contribution in [3.05, 3.63) is 24.3 Å². The molecule has 0 aromatic heterocycles. The maximum Gasteiger partial charge on any atom is 0.268 e. The van der Waals surface area contributed by atoms with E-state index in [0.29, 0.717) is 17.4 Å². The zero-order valence-electron chi connectivity index (χ0n) is 26.3. The Morgan fingerprint density at radius 1 is 0.850 bits per heavy atom. The number of carbonyl (C=O) groups is 1. The van der Waals surface area contributed by atoms with Gasteiger partial charge in [-0.25, -0.2) is 0 Å². The fraction of sp³-hybridized carbons (Fsp3) is 0.839. The molecule has 8 nitrogen and oxygen atoms in total. The van der Waals surface area contributed by atoms with E-state index in [1.54, 1.807) is 6.08 Å². The van der Waals surface area contributed by atoms with Crippen molar-refractivity contribution in [3.8, 4) is 0 Å². The van der Waals surface area contributed by atoms with E-state index in [0.717, 1.165) is 38.5 Å². The van der Waals surface area contributed by atoms with Crippen LogP contribution in [0.15, 0.2) is 24.3 Å². The number of phosphoric ester groups is 1. The van der Waals surface area contributed by atoms with E-state index >= 15 is 0 Å². The molecule has 0 heterocycles. The Morgan fingerprint density at radius 2 is 1.40 bits per heavy atom.